The summed E-state index contributed by atoms with van der Waals surface area (Å²) >= 11 is 0. The number of hydrogen-bond acceptors (Lipinski definition) is 4. The first kappa shape index (κ1) is 20.4. The number of alkyl halides is 3. The summed E-state index contributed by atoms with van der Waals surface area (Å²) in [6, 6.07) is 2.81. The fourth-order valence-corrected chi connectivity index (χ4v) is 3.86. The number of carbonyl (C=O) groups is 1. The quantitative estimate of drug-likeness (QED) is 0.553. The number of nitrogens with zero attached hydrogens (tertiary/aromatic N) is 3. The molecule has 0 bridgehead atoms. The van der Waals surface area contributed by atoms with Gasteiger partial charge in [-0.3, -0.25) is 14.9 Å². The van der Waals surface area contributed by atoms with Gasteiger partial charge in [0.2, 0.25) is 5.91 Å². The van der Waals surface area contributed by atoms with Crippen LogP contribution in [-0.4, -0.2) is 41.9 Å². The molecule has 2 aliphatic rings. The van der Waals surface area contributed by atoms with Crippen molar-refractivity contribution in [2.75, 3.05) is 25.0 Å². The Balaban J connectivity index is 1.69. The van der Waals surface area contributed by atoms with Gasteiger partial charge in [0.15, 0.2) is 0 Å². The van der Waals surface area contributed by atoms with E-state index in [1.807, 2.05) is 7.05 Å². The second-order valence-corrected chi connectivity index (χ2v) is 7.75. The van der Waals surface area contributed by atoms with Crippen molar-refractivity contribution in [1.82, 2.24) is 4.90 Å². The molecule has 1 amide bonds. The molecule has 0 N–H and O–H groups in total. The third kappa shape index (κ3) is 4.23. The number of amides is 1. The second-order valence-electron chi connectivity index (χ2n) is 7.75. The summed E-state index contributed by atoms with van der Waals surface area (Å²) in [4.78, 5) is 26.7. The van der Waals surface area contributed by atoms with Gasteiger partial charge in [0, 0.05) is 38.2 Å². The van der Waals surface area contributed by atoms with Crippen molar-refractivity contribution in [2.24, 2.45) is 11.8 Å². The van der Waals surface area contributed by atoms with Gasteiger partial charge in [-0.05, 0) is 50.7 Å². The number of anilines is 1. The highest BCUT2D eigenvalue weighted by Crippen LogP contribution is 2.38. The number of carbonyl (C=O) groups excluding carboxylic acids is 1. The van der Waals surface area contributed by atoms with Crippen molar-refractivity contribution >= 4 is 17.3 Å². The van der Waals surface area contributed by atoms with Gasteiger partial charge in [0.1, 0.15) is 5.69 Å². The maximum absolute atomic E-state index is 12.9. The van der Waals surface area contributed by atoms with Gasteiger partial charge in [0.25, 0.3) is 5.69 Å². The van der Waals surface area contributed by atoms with Gasteiger partial charge in [-0.25, -0.2) is 0 Å². The van der Waals surface area contributed by atoms with E-state index < -0.39 is 22.4 Å². The standard InChI is InChI=1S/C19H24F3N3O3/c1-12(13-3-4-13)23(2)18(26)14-7-9-24(10-8-14)16-6-5-15(19(20,21)22)11-17(16)25(27)28/h5-6,11-14H,3-4,7-10H2,1-2H3. The predicted octanol–water partition coefficient (Wildman–Crippen LogP) is 4.09. The number of nitro benzene ring substituents is 1. The highest BCUT2D eigenvalue weighted by molar-refractivity contribution is 5.79. The summed E-state index contributed by atoms with van der Waals surface area (Å²) in [6.45, 7) is 2.85. The minimum Gasteiger partial charge on any atom is -0.366 e. The fourth-order valence-electron chi connectivity index (χ4n) is 3.86. The summed E-state index contributed by atoms with van der Waals surface area (Å²) in [5.41, 5.74) is -1.42. The Morgan fingerprint density at radius 1 is 1.25 bits per heavy atom. The van der Waals surface area contributed by atoms with E-state index in [4.69, 9.17) is 0 Å². The van der Waals surface area contributed by atoms with Gasteiger partial charge >= 0.3 is 6.18 Å². The van der Waals surface area contributed by atoms with Crippen LogP contribution in [0.1, 0.15) is 38.2 Å². The Morgan fingerprint density at radius 3 is 2.36 bits per heavy atom. The fraction of sp³-hybridized carbons (Fsp3) is 0.632. The van der Waals surface area contributed by atoms with Crippen LogP contribution in [0.15, 0.2) is 18.2 Å². The van der Waals surface area contributed by atoms with Crippen LogP contribution in [0.5, 0.6) is 0 Å². The largest absolute Gasteiger partial charge is 0.416 e. The lowest BCUT2D eigenvalue weighted by Crippen LogP contribution is -2.44. The molecule has 6 nitrogen and oxygen atoms in total. The third-order valence-electron chi connectivity index (χ3n) is 5.95. The van der Waals surface area contributed by atoms with Crippen molar-refractivity contribution < 1.29 is 22.9 Å². The van der Waals surface area contributed by atoms with E-state index in [-0.39, 0.29) is 23.6 Å². The molecule has 0 spiro atoms. The third-order valence-corrected chi connectivity index (χ3v) is 5.95. The molecule has 154 valence electrons. The first-order valence-corrected chi connectivity index (χ1v) is 9.47. The topological polar surface area (TPSA) is 66.7 Å². The number of rotatable bonds is 5. The average Bonchev–Trinajstić information content (AvgIpc) is 3.50. The lowest BCUT2D eigenvalue weighted by Gasteiger charge is -2.36. The zero-order valence-electron chi connectivity index (χ0n) is 15.9. The lowest BCUT2D eigenvalue weighted by molar-refractivity contribution is -0.384. The number of nitro groups is 1. The van der Waals surface area contributed by atoms with Gasteiger partial charge in [-0.1, -0.05) is 0 Å². The molecule has 3 rings (SSSR count). The molecule has 1 aromatic carbocycles. The highest BCUT2D eigenvalue weighted by atomic mass is 19.4. The van der Waals surface area contributed by atoms with Crippen LogP contribution in [-0.2, 0) is 11.0 Å². The summed E-state index contributed by atoms with van der Waals surface area (Å²) in [7, 11) is 1.82. The molecule has 1 saturated carbocycles. The smallest absolute Gasteiger partial charge is 0.366 e. The molecule has 28 heavy (non-hydrogen) atoms. The number of hydrogen-bond donors (Lipinski definition) is 0. The number of benzene rings is 1. The Hall–Kier alpha value is -2.32. The minimum atomic E-state index is -4.63. The second kappa shape index (κ2) is 7.60. The molecule has 1 unspecified atom stereocenters. The van der Waals surface area contributed by atoms with Crippen LogP contribution in [0.3, 0.4) is 0 Å². The predicted molar refractivity (Wildman–Crippen MR) is 98.0 cm³/mol. The van der Waals surface area contributed by atoms with E-state index in [9.17, 15) is 28.1 Å². The zero-order chi connectivity index (χ0) is 20.6. The van der Waals surface area contributed by atoms with Crippen molar-refractivity contribution in [3.05, 3.63) is 33.9 Å². The van der Waals surface area contributed by atoms with E-state index in [2.05, 4.69) is 6.92 Å². The van der Waals surface area contributed by atoms with Crippen LogP contribution in [0.4, 0.5) is 24.5 Å². The zero-order valence-corrected chi connectivity index (χ0v) is 15.9. The molecule has 1 heterocycles. The van der Waals surface area contributed by atoms with Crippen molar-refractivity contribution in [3.63, 3.8) is 0 Å². The number of piperidine rings is 1. The SMILES string of the molecule is CC(C1CC1)N(C)C(=O)C1CCN(c2ccc(C(F)(F)F)cc2[N+](=O)[O-])CC1. The molecular weight excluding hydrogens is 375 g/mol. The van der Waals surface area contributed by atoms with Gasteiger partial charge in [-0.15, -0.1) is 0 Å². The molecule has 9 heteroatoms. The molecule has 2 fully saturated rings. The minimum absolute atomic E-state index is 0.0842. The van der Waals surface area contributed by atoms with Gasteiger partial charge < -0.3 is 9.80 Å². The van der Waals surface area contributed by atoms with Crippen LogP contribution < -0.4 is 4.90 Å². The van der Waals surface area contributed by atoms with Crippen molar-refractivity contribution in [2.45, 2.75) is 44.8 Å². The van der Waals surface area contributed by atoms with Crippen molar-refractivity contribution in [3.8, 4) is 0 Å². The summed E-state index contributed by atoms with van der Waals surface area (Å²) in [5.74, 6) is 0.501. The lowest BCUT2D eigenvalue weighted by atomic mass is 9.94. The normalized spacial score (nSPS) is 19.4. The Bertz CT molecular complexity index is 757. The monoisotopic (exact) mass is 399 g/mol. The van der Waals surface area contributed by atoms with Gasteiger partial charge in [0.05, 0.1) is 10.5 Å². The first-order valence-electron chi connectivity index (χ1n) is 9.47. The summed E-state index contributed by atoms with van der Waals surface area (Å²) in [6.07, 6.45) is -1.29. The Morgan fingerprint density at radius 2 is 1.86 bits per heavy atom. The summed E-state index contributed by atoms with van der Waals surface area (Å²) in [5, 5.41) is 11.3. The average molecular weight is 399 g/mol. The molecule has 1 atom stereocenters. The molecule has 1 aliphatic carbocycles. The van der Waals surface area contributed by atoms with Crippen LogP contribution in [0, 0.1) is 22.0 Å². The van der Waals surface area contributed by atoms with E-state index in [0.717, 1.165) is 25.0 Å². The molecule has 1 aromatic rings. The molecular formula is C19H24F3N3O3. The Labute approximate surface area is 161 Å². The van der Waals surface area contributed by atoms with Crippen LogP contribution in [0.2, 0.25) is 0 Å². The van der Waals surface area contributed by atoms with E-state index in [0.29, 0.717) is 37.9 Å². The van der Waals surface area contributed by atoms with Gasteiger partial charge in [-0.2, -0.15) is 13.2 Å². The molecule has 1 aliphatic heterocycles. The Kier molecular flexibility index (Phi) is 5.54. The molecule has 0 aromatic heterocycles. The highest BCUT2D eigenvalue weighted by Gasteiger charge is 2.37. The molecule has 1 saturated heterocycles. The van der Waals surface area contributed by atoms with Crippen molar-refractivity contribution in [1.29, 1.82) is 0 Å². The van der Waals surface area contributed by atoms with E-state index in [1.54, 1.807) is 9.80 Å². The summed E-state index contributed by atoms with van der Waals surface area (Å²) < 4.78 is 38.6. The van der Waals surface area contributed by atoms with Crippen LogP contribution in [0.25, 0.3) is 0 Å². The maximum Gasteiger partial charge on any atom is 0.416 e. The van der Waals surface area contributed by atoms with E-state index in [1.165, 1.54) is 0 Å². The number of halogens is 3. The first-order chi connectivity index (χ1) is 13.1. The van der Waals surface area contributed by atoms with E-state index >= 15 is 0 Å². The van der Waals surface area contributed by atoms with Crippen LogP contribution >= 0.6 is 0 Å². The molecule has 0 radical (unpaired) electrons. The maximum atomic E-state index is 12.9.